The smallest absolute Gasteiger partial charge is 0.335 e. The van der Waals surface area contributed by atoms with Gasteiger partial charge in [-0.15, -0.1) is 5.10 Å². The molecule has 0 amide bonds. The van der Waals surface area contributed by atoms with Crippen molar-refractivity contribution in [1.82, 2.24) is 15.0 Å². The zero-order valence-electron chi connectivity index (χ0n) is 20.5. The number of halogens is 3. The summed E-state index contributed by atoms with van der Waals surface area (Å²) in [6, 6.07) is 17.3. The normalized spacial score (nSPS) is 17.4. The van der Waals surface area contributed by atoms with Crippen LogP contribution in [0.5, 0.6) is 5.75 Å². The highest BCUT2D eigenvalue weighted by molar-refractivity contribution is 6.39. The molecule has 7 nitrogen and oxygen atoms in total. The highest BCUT2D eigenvalue weighted by Crippen LogP contribution is 2.56. The summed E-state index contributed by atoms with van der Waals surface area (Å²) in [6.45, 7) is 3.83. The third kappa shape index (κ3) is 5.12. The van der Waals surface area contributed by atoms with Crippen LogP contribution in [0.1, 0.15) is 71.6 Å². The number of hydrogen-bond donors (Lipinski definition) is 2. The lowest BCUT2D eigenvalue weighted by Gasteiger charge is -2.19. The molecule has 1 aromatic heterocycles. The fourth-order valence-corrected chi connectivity index (χ4v) is 5.55. The molecule has 0 aliphatic heterocycles. The number of carbonyl (C=O) groups is 1. The Labute approximate surface area is 234 Å². The lowest BCUT2D eigenvalue weighted by atomic mass is 10.0. The van der Waals surface area contributed by atoms with Gasteiger partial charge in [0.05, 0.1) is 15.6 Å². The summed E-state index contributed by atoms with van der Waals surface area (Å²) in [4.78, 5) is 11.1. The number of aromatic carboxylic acids is 1. The van der Waals surface area contributed by atoms with E-state index in [2.05, 4.69) is 10.3 Å². The van der Waals surface area contributed by atoms with Gasteiger partial charge in [0.2, 0.25) is 6.29 Å². The molecule has 1 aliphatic rings. The molecule has 0 saturated heterocycles. The first-order valence-corrected chi connectivity index (χ1v) is 13.2. The van der Waals surface area contributed by atoms with E-state index in [4.69, 9.17) is 44.6 Å². The van der Waals surface area contributed by atoms with Crippen LogP contribution in [-0.4, -0.2) is 31.2 Å². The highest BCUT2D eigenvalue weighted by atomic mass is 35.5. The summed E-state index contributed by atoms with van der Waals surface area (Å²) in [5.41, 5.74) is 3.43. The minimum atomic E-state index is -1.42. The summed E-state index contributed by atoms with van der Waals surface area (Å²) < 4.78 is 7.47. The van der Waals surface area contributed by atoms with E-state index in [-0.39, 0.29) is 23.4 Å². The number of aliphatic hydroxyl groups excluding tert-OH is 1. The van der Waals surface area contributed by atoms with E-state index in [0.29, 0.717) is 37.8 Å². The van der Waals surface area contributed by atoms with Gasteiger partial charge in [-0.3, -0.25) is 0 Å². The molecular formula is C28H24Cl3N3O4. The molecule has 1 heterocycles. The number of aromatic nitrogens is 3. The molecule has 4 aromatic rings. The first kappa shape index (κ1) is 26.5. The Hall–Kier alpha value is -3.10. The van der Waals surface area contributed by atoms with Crippen LogP contribution in [0.4, 0.5) is 0 Å². The number of rotatable bonds is 8. The van der Waals surface area contributed by atoms with E-state index in [0.717, 1.165) is 17.5 Å². The molecule has 0 radical (unpaired) electrons. The van der Waals surface area contributed by atoms with Gasteiger partial charge in [0.25, 0.3) is 0 Å². The Bertz CT molecular complexity index is 1480. The van der Waals surface area contributed by atoms with E-state index >= 15 is 0 Å². The molecule has 1 aliphatic carbocycles. The maximum Gasteiger partial charge on any atom is 0.335 e. The van der Waals surface area contributed by atoms with Crippen molar-refractivity contribution in [2.75, 3.05) is 0 Å². The van der Waals surface area contributed by atoms with E-state index in [1.165, 1.54) is 0 Å². The Morgan fingerprint density at radius 2 is 1.68 bits per heavy atom. The Morgan fingerprint density at radius 3 is 2.29 bits per heavy atom. The van der Waals surface area contributed by atoms with Gasteiger partial charge in [-0.2, -0.15) is 0 Å². The molecular weight excluding hydrogens is 549 g/mol. The highest BCUT2D eigenvalue weighted by Gasteiger charge is 2.40. The SMILES string of the molecule is CC(C)n1nnc(-c2c(Cl)cccc2Cl)c1C(O)Oc1ccc(C2CC2c2ccc(C(=O)O)cc2)c(Cl)c1. The van der Waals surface area contributed by atoms with E-state index in [1.54, 1.807) is 47.1 Å². The minimum absolute atomic E-state index is 0.118. The van der Waals surface area contributed by atoms with Gasteiger partial charge in [-0.25, -0.2) is 9.48 Å². The van der Waals surface area contributed by atoms with Crippen LogP contribution in [0.25, 0.3) is 11.3 Å². The Morgan fingerprint density at radius 1 is 1.00 bits per heavy atom. The zero-order chi connectivity index (χ0) is 27.1. The van der Waals surface area contributed by atoms with E-state index in [9.17, 15) is 9.90 Å². The lowest BCUT2D eigenvalue weighted by molar-refractivity contribution is -0.0265. The molecule has 2 N–H and O–H groups in total. The van der Waals surface area contributed by atoms with E-state index in [1.807, 2.05) is 32.0 Å². The van der Waals surface area contributed by atoms with Gasteiger partial charge in [0.1, 0.15) is 17.1 Å². The summed E-state index contributed by atoms with van der Waals surface area (Å²) >= 11 is 19.5. The van der Waals surface area contributed by atoms with Crippen molar-refractivity contribution in [3.8, 4) is 17.0 Å². The van der Waals surface area contributed by atoms with Crippen molar-refractivity contribution >= 4 is 40.8 Å². The quantitative estimate of drug-likeness (QED) is 0.212. The standard InChI is InChI=1S/C28H24Cl3N3O4/c1-14(2)34-26(25(32-33-34)24-21(29)4-3-5-22(24)30)28(37)38-17-10-11-18(23(31)12-17)20-13-19(20)15-6-8-16(9-7-15)27(35)36/h3-12,14,19-20,28,37H,13H2,1-2H3,(H,35,36). The Kier molecular flexibility index (Phi) is 7.38. The fraction of sp³-hybridized carbons (Fsp3) is 0.250. The maximum atomic E-state index is 11.2. The third-order valence-corrected chi connectivity index (χ3v) is 7.61. The number of aliphatic hydroxyl groups is 1. The first-order chi connectivity index (χ1) is 18.2. The largest absolute Gasteiger partial charge is 0.478 e. The van der Waals surface area contributed by atoms with Crippen molar-refractivity contribution in [1.29, 1.82) is 0 Å². The number of nitrogens with zero attached hydrogens (tertiary/aromatic N) is 3. The van der Waals surface area contributed by atoms with Crippen LogP contribution in [0.2, 0.25) is 15.1 Å². The summed E-state index contributed by atoms with van der Waals surface area (Å²) in [6.07, 6.45) is -0.506. The maximum absolute atomic E-state index is 11.2. The number of hydrogen-bond acceptors (Lipinski definition) is 5. The minimum Gasteiger partial charge on any atom is -0.478 e. The molecule has 3 atom stereocenters. The molecule has 0 bridgehead atoms. The average molecular weight is 573 g/mol. The van der Waals surface area contributed by atoms with Gasteiger partial charge >= 0.3 is 5.97 Å². The van der Waals surface area contributed by atoms with Crippen LogP contribution >= 0.6 is 34.8 Å². The second kappa shape index (κ2) is 10.6. The monoisotopic (exact) mass is 571 g/mol. The predicted molar refractivity (Wildman–Crippen MR) is 146 cm³/mol. The third-order valence-electron chi connectivity index (χ3n) is 6.65. The number of benzene rings is 3. The van der Waals surface area contributed by atoms with Crippen LogP contribution < -0.4 is 4.74 Å². The van der Waals surface area contributed by atoms with Gasteiger partial charge in [-0.1, -0.05) is 64.3 Å². The van der Waals surface area contributed by atoms with Crippen molar-refractivity contribution in [3.63, 3.8) is 0 Å². The number of carboxylic acids is 1. The topological polar surface area (TPSA) is 97.5 Å². The van der Waals surface area contributed by atoms with Crippen molar-refractivity contribution in [2.24, 2.45) is 0 Å². The lowest BCUT2D eigenvalue weighted by Crippen LogP contribution is -2.16. The van der Waals surface area contributed by atoms with Crippen molar-refractivity contribution in [3.05, 3.63) is 98.1 Å². The van der Waals surface area contributed by atoms with Gasteiger partial charge in [-0.05, 0) is 79.6 Å². The molecule has 5 rings (SSSR count). The van der Waals surface area contributed by atoms with Crippen LogP contribution in [0.15, 0.2) is 60.7 Å². The average Bonchev–Trinajstić information content (AvgIpc) is 3.53. The molecule has 196 valence electrons. The second-order valence-electron chi connectivity index (χ2n) is 9.49. The zero-order valence-corrected chi connectivity index (χ0v) is 22.7. The number of carboxylic acid groups (broad SMARTS) is 1. The van der Waals surface area contributed by atoms with Gasteiger partial charge < -0.3 is 14.9 Å². The fourth-order valence-electron chi connectivity index (χ4n) is 4.66. The molecule has 38 heavy (non-hydrogen) atoms. The van der Waals surface area contributed by atoms with Crippen molar-refractivity contribution in [2.45, 2.75) is 44.4 Å². The summed E-state index contributed by atoms with van der Waals surface area (Å²) in [5, 5.41) is 30.0. The van der Waals surface area contributed by atoms with E-state index < -0.39 is 12.3 Å². The van der Waals surface area contributed by atoms with Crippen LogP contribution in [-0.2, 0) is 0 Å². The van der Waals surface area contributed by atoms with Crippen LogP contribution in [0, 0.1) is 0 Å². The second-order valence-corrected chi connectivity index (χ2v) is 10.7. The summed E-state index contributed by atoms with van der Waals surface area (Å²) in [7, 11) is 0. The molecule has 1 saturated carbocycles. The molecule has 3 aromatic carbocycles. The molecule has 10 heteroatoms. The first-order valence-electron chi connectivity index (χ1n) is 12.0. The molecule has 1 fully saturated rings. The van der Waals surface area contributed by atoms with Gasteiger partial charge in [0.15, 0.2) is 0 Å². The predicted octanol–water partition coefficient (Wildman–Crippen LogP) is 7.53. The number of ether oxygens (including phenoxy) is 1. The summed E-state index contributed by atoms with van der Waals surface area (Å²) in [5.74, 6) is -0.0826. The molecule has 3 unspecified atom stereocenters. The molecule has 0 spiro atoms. The van der Waals surface area contributed by atoms with Crippen LogP contribution in [0.3, 0.4) is 0 Å². The van der Waals surface area contributed by atoms with Crippen molar-refractivity contribution < 1.29 is 19.7 Å². The Balaban J connectivity index is 1.37. The van der Waals surface area contributed by atoms with Gasteiger partial charge in [0, 0.05) is 16.6 Å².